The molecule has 2 aromatic rings. The summed E-state index contributed by atoms with van der Waals surface area (Å²) in [6.45, 7) is 0. The predicted octanol–water partition coefficient (Wildman–Crippen LogP) is 5.40. The predicted molar refractivity (Wildman–Crippen MR) is 74.6 cm³/mol. The highest BCUT2D eigenvalue weighted by Crippen LogP contribution is 2.29. The fourth-order valence-corrected chi connectivity index (χ4v) is 2.16. The van der Waals surface area contributed by atoms with Crippen molar-refractivity contribution in [3.05, 3.63) is 55.8 Å². The van der Waals surface area contributed by atoms with Gasteiger partial charge in [-0.15, -0.1) is 0 Å². The van der Waals surface area contributed by atoms with Crippen LogP contribution in [0.4, 0.5) is 4.39 Å². The summed E-state index contributed by atoms with van der Waals surface area (Å²) in [4.78, 5) is 0. The van der Waals surface area contributed by atoms with E-state index in [-0.39, 0.29) is 5.82 Å². The van der Waals surface area contributed by atoms with E-state index in [0.29, 0.717) is 13.6 Å². The van der Waals surface area contributed by atoms with Gasteiger partial charge in [0.05, 0.1) is 10.0 Å². The Bertz CT molecular complexity index is 491. The number of hydrogen-bond acceptors (Lipinski definition) is 0. The Labute approximate surface area is 117 Å². The van der Waals surface area contributed by atoms with Crippen LogP contribution in [0, 0.1) is 9.39 Å². The van der Waals surface area contributed by atoms with Gasteiger partial charge in [-0.3, -0.25) is 0 Å². The van der Waals surface area contributed by atoms with Crippen LogP contribution in [-0.2, 0) is 0 Å². The molecule has 2 rings (SSSR count). The molecule has 0 aliphatic heterocycles. The molecule has 0 saturated carbocycles. The molecule has 2 aromatic carbocycles. The zero-order valence-corrected chi connectivity index (χ0v) is 11.6. The van der Waals surface area contributed by atoms with Crippen molar-refractivity contribution in [3.8, 4) is 11.1 Å². The summed E-state index contributed by atoms with van der Waals surface area (Å²) in [5, 5.41) is 1.01. The van der Waals surface area contributed by atoms with E-state index in [2.05, 4.69) is 0 Å². The SMILES string of the molecule is Fc1ccc(-c2ccc(Cl)c(Cl)c2)cc1I. The smallest absolute Gasteiger partial charge is 0.136 e. The lowest BCUT2D eigenvalue weighted by Gasteiger charge is -2.04. The van der Waals surface area contributed by atoms with Crippen molar-refractivity contribution < 1.29 is 4.39 Å². The third-order valence-corrected chi connectivity index (χ3v) is 3.74. The number of rotatable bonds is 1. The molecule has 0 unspecified atom stereocenters. The van der Waals surface area contributed by atoms with Crippen molar-refractivity contribution in [1.29, 1.82) is 0 Å². The molecule has 0 amide bonds. The first-order valence-electron chi connectivity index (χ1n) is 4.48. The number of halogens is 4. The fraction of sp³-hybridized carbons (Fsp3) is 0. The second-order valence-electron chi connectivity index (χ2n) is 3.26. The van der Waals surface area contributed by atoms with Crippen molar-refractivity contribution in [2.75, 3.05) is 0 Å². The summed E-state index contributed by atoms with van der Waals surface area (Å²) in [6, 6.07) is 10.3. The van der Waals surface area contributed by atoms with E-state index in [1.165, 1.54) is 6.07 Å². The largest absolute Gasteiger partial charge is 0.206 e. The molecule has 0 aliphatic carbocycles. The highest BCUT2D eigenvalue weighted by Gasteiger charge is 2.04. The number of hydrogen-bond donors (Lipinski definition) is 0. The molecule has 0 radical (unpaired) electrons. The minimum atomic E-state index is -0.218. The molecular weight excluding hydrogens is 361 g/mol. The lowest BCUT2D eigenvalue weighted by Crippen LogP contribution is -1.84. The molecule has 0 N–H and O–H groups in total. The minimum Gasteiger partial charge on any atom is -0.206 e. The van der Waals surface area contributed by atoms with E-state index >= 15 is 0 Å². The zero-order valence-electron chi connectivity index (χ0n) is 7.98. The summed E-state index contributed by atoms with van der Waals surface area (Å²) >= 11 is 13.7. The normalized spacial score (nSPS) is 10.5. The first-order valence-corrected chi connectivity index (χ1v) is 6.32. The summed E-state index contributed by atoms with van der Waals surface area (Å²) in [6.07, 6.45) is 0. The maximum atomic E-state index is 13.1. The highest BCUT2D eigenvalue weighted by molar-refractivity contribution is 14.1. The minimum absolute atomic E-state index is 0.218. The Kier molecular flexibility index (Phi) is 3.72. The standard InChI is InChI=1S/C12H6Cl2FI/c13-9-3-1-7(5-10(9)14)8-2-4-11(15)12(16)6-8/h1-6H. The van der Waals surface area contributed by atoms with Crippen LogP contribution in [0.2, 0.25) is 10.0 Å². The van der Waals surface area contributed by atoms with Crippen molar-refractivity contribution in [3.63, 3.8) is 0 Å². The first-order chi connectivity index (χ1) is 7.58. The van der Waals surface area contributed by atoms with Crippen LogP contribution in [0.5, 0.6) is 0 Å². The van der Waals surface area contributed by atoms with Crippen molar-refractivity contribution in [2.45, 2.75) is 0 Å². The Morgan fingerprint density at radius 2 is 1.50 bits per heavy atom. The van der Waals surface area contributed by atoms with E-state index in [1.54, 1.807) is 24.3 Å². The fourth-order valence-electron chi connectivity index (χ4n) is 1.35. The molecule has 0 bridgehead atoms. The van der Waals surface area contributed by atoms with Gasteiger partial charge in [0.1, 0.15) is 5.82 Å². The monoisotopic (exact) mass is 366 g/mol. The molecule has 0 nitrogen and oxygen atoms in total. The summed E-state index contributed by atoms with van der Waals surface area (Å²) in [7, 11) is 0. The number of benzene rings is 2. The molecule has 0 spiro atoms. The van der Waals surface area contributed by atoms with E-state index in [9.17, 15) is 4.39 Å². The van der Waals surface area contributed by atoms with E-state index < -0.39 is 0 Å². The molecule has 0 heterocycles. The Hall–Kier alpha value is -0.320. The summed E-state index contributed by atoms with van der Waals surface area (Å²) in [5.74, 6) is -0.218. The molecule has 4 heteroatoms. The quantitative estimate of drug-likeness (QED) is 0.592. The van der Waals surface area contributed by atoms with E-state index in [0.717, 1.165) is 11.1 Å². The van der Waals surface area contributed by atoms with Crippen LogP contribution in [0.3, 0.4) is 0 Å². The van der Waals surface area contributed by atoms with Gasteiger partial charge >= 0.3 is 0 Å². The van der Waals surface area contributed by atoms with Crippen molar-refractivity contribution in [2.24, 2.45) is 0 Å². The Balaban J connectivity index is 2.50. The average molecular weight is 367 g/mol. The second kappa shape index (κ2) is 4.90. The molecule has 0 aliphatic rings. The van der Waals surface area contributed by atoms with Crippen molar-refractivity contribution >= 4 is 45.8 Å². The van der Waals surface area contributed by atoms with Crippen LogP contribution in [0.1, 0.15) is 0 Å². The van der Waals surface area contributed by atoms with Gasteiger partial charge in [-0.25, -0.2) is 4.39 Å². The van der Waals surface area contributed by atoms with Gasteiger partial charge in [0.25, 0.3) is 0 Å². The van der Waals surface area contributed by atoms with Crippen LogP contribution in [-0.4, -0.2) is 0 Å². The van der Waals surface area contributed by atoms with E-state index in [1.807, 2.05) is 28.7 Å². The molecule has 0 aromatic heterocycles. The summed E-state index contributed by atoms with van der Waals surface area (Å²) in [5.41, 5.74) is 1.84. The lowest BCUT2D eigenvalue weighted by atomic mass is 10.1. The molecule has 16 heavy (non-hydrogen) atoms. The topological polar surface area (TPSA) is 0 Å². The van der Waals surface area contributed by atoms with Crippen molar-refractivity contribution in [1.82, 2.24) is 0 Å². The average Bonchev–Trinajstić information content (AvgIpc) is 2.26. The molecule has 0 fully saturated rings. The van der Waals surface area contributed by atoms with Crippen LogP contribution < -0.4 is 0 Å². The van der Waals surface area contributed by atoms with Gasteiger partial charge < -0.3 is 0 Å². The lowest BCUT2D eigenvalue weighted by molar-refractivity contribution is 0.620. The second-order valence-corrected chi connectivity index (χ2v) is 5.23. The van der Waals surface area contributed by atoms with Gasteiger partial charge in [-0.1, -0.05) is 35.3 Å². The Morgan fingerprint density at radius 1 is 0.875 bits per heavy atom. The molecule has 0 atom stereocenters. The highest BCUT2D eigenvalue weighted by atomic mass is 127. The van der Waals surface area contributed by atoms with E-state index in [4.69, 9.17) is 23.2 Å². The third kappa shape index (κ3) is 2.50. The first kappa shape index (κ1) is 12.1. The maximum Gasteiger partial charge on any atom is 0.136 e. The Morgan fingerprint density at radius 3 is 2.12 bits per heavy atom. The molecule has 0 saturated heterocycles. The van der Waals surface area contributed by atoms with Crippen LogP contribution >= 0.6 is 45.8 Å². The third-order valence-electron chi connectivity index (χ3n) is 2.17. The van der Waals surface area contributed by atoms with Crippen LogP contribution in [0.15, 0.2) is 36.4 Å². The molecular formula is C12H6Cl2FI. The van der Waals surface area contributed by atoms with Gasteiger partial charge in [0.15, 0.2) is 0 Å². The van der Waals surface area contributed by atoms with Crippen LogP contribution in [0.25, 0.3) is 11.1 Å². The molecule has 82 valence electrons. The zero-order chi connectivity index (χ0) is 11.7. The van der Waals surface area contributed by atoms with Gasteiger partial charge in [0.2, 0.25) is 0 Å². The maximum absolute atomic E-state index is 13.1. The van der Waals surface area contributed by atoms with Gasteiger partial charge in [-0.05, 0) is 58.0 Å². The van der Waals surface area contributed by atoms with Gasteiger partial charge in [0, 0.05) is 3.57 Å². The van der Waals surface area contributed by atoms with Gasteiger partial charge in [-0.2, -0.15) is 0 Å². The summed E-state index contributed by atoms with van der Waals surface area (Å²) < 4.78 is 13.7.